The summed E-state index contributed by atoms with van der Waals surface area (Å²) in [6.45, 7) is 1.08. The Labute approximate surface area is 133 Å². The molecule has 1 aliphatic carbocycles. The maximum atomic E-state index is 12.4. The molecule has 2 aromatic rings. The average Bonchev–Trinajstić information content (AvgIpc) is 2.81. The quantitative estimate of drug-likeness (QED) is 0.844. The number of H-pyrrole nitrogens is 1. The van der Waals surface area contributed by atoms with Crippen molar-refractivity contribution in [1.29, 1.82) is 0 Å². The molecule has 0 saturated heterocycles. The monoisotopic (exact) mass is 370 g/mol. The van der Waals surface area contributed by atoms with Crippen molar-refractivity contribution in [1.82, 2.24) is 14.8 Å². The van der Waals surface area contributed by atoms with Crippen molar-refractivity contribution in [2.45, 2.75) is 32.4 Å². The van der Waals surface area contributed by atoms with Crippen LogP contribution in [0.25, 0.3) is 0 Å². The van der Waals surface area contributed by atoms with E-state index in [4.69, 9.17) is 0 Å². The normalized spacial score (nSPS) is 14.9. The number of nitrogens with one attached hydrogen (secondary N) is 2. The van der Waals surface area contributed by atoms with Crippen LogP contribution in [0.5, 0.6) is 0 Å². The number of nitrogens with zero attached hydrogens (tertiary/aromatic N) is 2. The van der Waals surface area contributed by atoms with E-state index < -0.39 is 0 Å². The molecule has 0 atom stereocenters. The molecule has 0 unspecified atom stereocenters. The summed E-state index contributed by atoms with van der Waals surface area (Å²) in [7, 11) is 0. The number of anilines is 1. The highest BCUT2D eigenvalue weighted by molar-refractivity contribution is 9.10. The maximum absolute atomic E-state index is 12.4. The Morgan fingerprint density at radius 2 is 2.29 bits per heavy atom. The number of hydrogen-bond donors (Lipinski definition) is 2. The first kappa shape index (κ1) is 14.5. The summed E-state index contributed by atoms with van der Waals surface area (Å²) in [4.78, 5) is 26.1. The summed E-state index contributed by atoms with van der Waals surface area (Å²) in [5.74, 6) is 0.567. The van der Waals surface area contributed by atoms with E-state index in [-0.39, 0.29) is 10.4 Å². The minimum atomic E-state index is -0.131. The Hall–Kier alpha value is -1.41. The Morgan fingerprint density at radius 1 is 1.48 bits per heavy atom. The van der Waals surface area contributed by atoms with Crippen LogP contribution in [0.1, 0.15) is 25.0 Å². The first-order chi connectivity index (χ1) is 10.1. The lowest BCUT2D eigenvalue weighted by Gasteiger charge is -2.25. The summed E-state index contributed by atoms with van der Waals surface area (Å²) in [5.41, 5.74) is 1.11. The fourth-order valence-corrected chi connectivity index (χ4v) is 3.25. The number of halogens is 1. The topological polar surface area (TPSA) is 79.8 Å². The van der Waals surface area contributed by atoms with Crippen LogP contribution in [0.15, 0.2) is 25.6 Å². The highest BCUT2D eigenvalue weighted by Gasteiger charge is 2.20. The van der Waals surface area contributed by atoms with Gasteiger partial charge in [-0.1, -0.05) is 17.8 Å². The number of aromatic nitrogens is 3. The molecule has 1 saturated carbocycles. The van der Waals surface area contributed by atoms with Crippen LogP contribution in [0, 0.1) is 5.92 Å². The van der Waals surface area contributed by atoms with Crippen LogP contribution in [0.3, 0.4) is 0 Å². The van der Waals surface area contributed by atoms with Crippen LogP contribution in [0.2, 0.25) is 0 Å². The van der Waals surface area contributed by atoms with Gasteiger partial charge in [-0.25, -0.2) is 4.68 Å². The van der Waals surface area contributed by atoms with E-state index in [0.29, 0.717) is 29.2 Å². The second-order valence-electron chi connectivity index (χ2n) is 5.18. The summed E-state index contributed by atoms with van der Waals surface area (Å²) >= 11 is 4.46. The molecule has 0 aromatic carbocycles. The van der Waals surface area contributed by atoms with Crippen LogP contribution in [0.4, 0.5) is 5.69 Å². The number of rotatable bonds is 5. The first-order valence-corrected chi connectivity index (χ1v) is 8.47. The van der Waals surface area contributed by atoms with Gasteiger partial charge >= 0.3 is 4.87 Å². The standard InChI is InChI=1S/C13H15BrN4O2S/c14-10-5-16-18(6-8-2-1-3-8)12(19)11(10)15-4-9-7-21-13(20)17-9/h5,7-8,15H,1-4,6H2,(H,17,20). The third-order valence-corrected chi connectivity index (χ3v) is 5.00. The Morgan fingerprint density at radius 3 is 2.90 bits per heavy atom. The van der Waals surface area contributed by atoms with Gasteiger partial charge in [-0.15, -0.1) is 0 Å². The largest absolute Gasteiger partial charge is 0.374 e. The van der Waals surface area contributed by atoms with Crippen molar-refractivity contribution >= 4 is 33.0 Å². The minimum absolute atomic E-state index is 0.0945. The molecular weight excluding hydrogens is 356 g/mol. The van der Waals surface area contributed by atoms with Gasteiger partial charge in [0.2, 0.25) is 0 Å². The molecule has 0 radical (unpaired) electrons. The lowest BCUT2D eigenvalue weighted by molar-refractivity contribution is 0.262. The Kier molecular flexibility index (Phi) is 4.25. The SMILES string of the molecule is O=c1[nH]c(CNc2c(Br)cnn(CC3CCC3)c2=O)cs1. The lowest BCUT2D eigenvalue weighted by Crippen LogP contribution is -2.30. The highest BCUT2D eigenvalue weighted by atomic mass is 79.9. The van der Waals surface area contributed by atoms with Crippen LogP contribution >= 0.6 is 27.3 Å². The molecular formula is C13H15BrN4O2S. The van der Waals surface area contributed by atoms with Gasteiger partial charge in [0, 0.05) is 17.6 Å². The summed E-state index contributed by atoms with van der Waals surface area (Å²) in [6, 6.07) is 0. The second kappa shape index (κ2) is 6.15. The molecule has 6 nitrogen and oxygen atoms in total. The van der Waals surface area contributed by atoms with Crippen molar-refractivity contribution in [2.75, 3.05) is 5.32 Å². The van der Waals surface area contributed by atoms with E-state index in [1.165, 1.54) is 23.9 Å². The van der Waals surface area contributed by atoms with Gasteiger partial charge in [0.05, 0.1) is 17.2 Å². The van der Waals surface area contributed by atoms with Gasteiger partial charge < -0.3 is 10.3 Å². The molecule has 0 amide bonds. The third-order valence-electron chi connectivity index (χ3n) is 3.68. The maximum Gasteiger partial charge on any atom is 0.304 e. The fourth-order valence-electron chi connectivity index (χ4n) is 2.26. The Bertz CT molecular complexity index is 747. The summed E-state index contributed by atoms with van der Waals surface area (Å²) in [5, 5.41) is 9.01. The summed E-state index contributed by atoms with van der Waals surface area (Å²) < 4.78 is 2.16. The first-order valence-electron chi connectivity index (χ1n) is 6.79. The van der Waals surface area contributed by atoms with Crippen LogP contribution in [-0.4, -0.2) is 14.8 Å². The average molecular weight is 371 g/mol. The molecule has 0 bridgehead atoms. The van der Waals surface area contributed by atoms with E-state index in [0.717, 1.165) is 17.0 Å². The summed E-state index contributed by atoms with van der Waals surface area (Å²) in [6.07, 6.45) is 5.22. The molecule has 1 aliphatic rings. The smallest absolute Gasteiger partial charge is 0.304 e. The van der Waals surface area contributed by atoms with Crippen LogP contribution < -0.4 is 15.7 Å². The third kappa shape index (κ3) is 3.26. The highest BCUT2D eigenvalue weighted by Crippen LogP contribution is 2.27. The molecule has 3 rings (SSSR count). The van der Waals surface area contributed by atoms with E-state index in [2.05, 4.69) is 31.3 Å². The predicted molar refractivity (Wildman–Crippen MR) is 85.8 cm³/mol. The van der Waals surface area contributed by atoms with E-state index in [9.17, 15) is 9.59 Å². The number of thiazole rings is 1. The van der Waals surface area contributed by atoms with Crippen molar-refractivity contribution < 1.29 is 0 Å². The van der Waals surface area contributed by atoms with E-state index >= 15 is 0 Å². The van der Waals surface area contributed by atoms with Crippen molar-refractivity contribution in [3.05, 3.63) is 41.8 Å². The molecule has 8 heteroatoms. The van der Waals surface area contributed by atoms with Gasteiger partial charge in [0.1, 0.15) is 5.69 Å². The zero-order chi connectivity index (χ0) is 14.8. The van der Waals surface area contributed by atoms with Gasteiger partial charge in [-0.05, 0) is 34.7 Å². The molecule has 2 aromatic heterocycles. The van der Waals surface area contributed by atoms with Gasteiger partial charge in [0.15, 0.2) is 0 Å². The molecule has 0 aliphatic heterocycles. The van der Waals surface area contributed by atoms with Gasteiger partial charge in [-0.2, -0.15) is 5.10 Å². The molecule has 1 fully saturated rings. The zero-order valence-corrected chi connectivity index (χ0v) is 13.7. The Balaban J connectivity index is 1.77. The van der Waals surface area contributed by atoms with Crippen LogP contribution in [-0.2, 0) is 13.1 Å². The molecule has 0 spiro atoms. The van der Waals surface area contributed by atoms with Crippen molar-refractivity contribution in [3.8, 4) is 0 Å². The predicted octanol–water partition coefficient (Wildman–Crippen LogP) is 2.17. The van der Waals surface area contributed by atoms with Gasteiger partial charge in [0.25, 0.3) is 5.56 Å². The van der Waals surface area contributed by atoms with Gasteiger partial charge in [-0.3, -0.25) is 9.59 Å². The second-order valence-corrected chi connectivity index (χ2v) is 6.88. The van der Waals surface area contributed by atoms with Crippen molar-refractivity contribution in [2.24, 2.45) is 5.92 Å². The number of aromatic amines is 1. The minimum Gasteiger partial charge on any atom is -0.374 e. The van der Waals surface area contributed by atoms with E-state index in [1.54, 1.807) is 11.6 Å². The molecule has 21 heavy (non-hydrogen) atoms. The lowest BCUT2D eigenvalue weighted by atomic mass is 9.85. The van der Waals surface area contributed by atoms with Crippen molar-refractivity contribution in [3.63, 3.8) is 0 Å². The molecule has 2 N–H and O–H groups in total. The zero-order valence-electron chi connectivity index (χ0n) is 11.3. The molecule has 112 valence electrons. The fraction of sp³-hybridized carbons (Fsp3) is 0.462. The number of hydrogen-bond acceptors (Lipinski definition) is 5. The van der Waals surface area contributed by atoms with E-state index in [1.807, 2.05) is 0 Å². The molecule has 2 heterocycles.